The Balaban J connectivity index is 2.56. The molecule has 8 heteroatoms. The molecule has 0 spiro atoms. The number of carboxylic acids is 1. The van der Waals surface area contributed by atoms with E-state index in [1.54, 1.807) is 0 Å². The van der Waals surface area contributed by atoms with E-state index < -0.39 is 28.7 Å². The summed E-state index contributed by atoms with van der Waals surface area (Å²) in [5.74, 6) is -1.42. The zero-order valence-electron chi connectivity index (χ0n) is 9.51. The summed E-state index contributed by atoms with van der Waals surface area (Å²) in [4.78, 5) is 22.6. The third kappa shape index (κ3) is 5.28. The molecular formula is C10H12BrNO4S2. The lowest BCUT2D eigenvalue weighted by Gasteiger charge is -2.12. The fraction of sp³-hybridized carbons (Fsp3) is 0.400. The van der Waals surface area contributed by atoms with Crippen LogP contribution in [0.5, 0.6) is 0 Å². The number of amides is 1. The number of thiophene rings is 1. The van der Waals surface area contributed by atoms with E-state index in [2.05, 4.69) is 21.2 Å². The first kappa shape index (κ1) is 15.3. The van der Waals surface area contributed by atoms with Gasteiger partial charge in [-0.2, -0.15) is 0 Å². The van der Waals surface area contributed by atoms with Crippen LogP contribution in [-0.2, 0) is 26.1 Å². The molecule has 1 aromatic heterocycles. The van der Waals surface area contributed by atoms with E-state index >= 15 is 0 Å². The molecule has 0 saturated heterocycles. The lowest BCUT2D eigenvalue weighted by Crippen LogP contribution is -2.43. The maximum absolute atomic E-state index is 11.8. The van der Waals surface area contributed by atoms with Gasteiger partial charge < -0.3 is 10.4 Å². The molecule has 0 radical (unpaired) electrons. The van der Waals surface area contributed by atoms with Gasteiger partial charge in [-0.25, -0.2) is 4.79 Å². The number of carbonyl (C=O) groups excluding carboxylic acids is 1. The highest BCUT2D eigenvalue weighted by Crippen LogP contribution is 2.21. The summed E-state index contributed by atoms with van der Waals surface area (Å²) >= 11 is 4.74. The van der Waals surface area contributed by atoms with Crippen LogP contribution in [0.4, 0.5) is 0 Å². The number of hydrogen-bond donors (Lipinski definition) is 2. The molecule has 0 fully saturated rings. The quantitative estimate of drug-likeness (QED) is 0.808. The van der Waals surface area contributed by atoms with Crippen molar-refractivity contribution in [1.82, 2.24) is 5.32 Å². The summed E-state index contributed by atoms with van der Waals surface area (Å²) in [6.07, 6.45) is 0. The lowest BCUT2D eigenvalue weighted by molar-refractivity contribution is -0.140. The summed E-state index contributed by atoms with van der Waals surface area (Å²) in [5, 5.41) is 13.0. The summed E-state index contributed by atoms with van der Waals surface area (Å²) in [6, 6.07) is 0.739. The fourth-order valence-electron chi connectivity index (χ4n) is 1.25. The molecular weight excluding hydrogens is 342 g/mol. The van der Waals surface area contributed by atoms with E-state index in [1.807, 2.05) is 11.4 Å². The maximum Gasteiger partial charge on any atom is 0.327 e. The van der Waals surface area contributed by atoms with Crippen molar-refractivity contribution >= 4 is 49.9 Å². The van der Waals surface area contributed by atoms with Gasteiger partial charge in [-0.05, 0) is 22.0 Å². The largest absolute Gasteiger partial charge is 0.480 e. The second kappa shape index (κ2) is 7.01. The van der Waals surface area contributed by atoms with Crippen molar-refractivity contribution in [2.24, 2.45) is 0 Å². The van der Waals surface area contributed by atoms with E-state index in [0.29, 0.717) is 5.75 Å². The maximum atomic E-state index is 11.8. The van der Waals surface area contributed by atoms with Crippen LogP contribution < -0.4 is 5.32 Å². The van der Waals surface area contributed by atoms with Crippen molar-refractivity contribution in [1.29, 1.82) is 0 Å². The summed E-state index contributed by atoms with van der Waals surface area (Å²) in [5.41, 5.74) is 0. The topological polar surface area (TPSA) is 83.5 Å². The number of hydrogen-bond acceptors (Lipinski definition) is 4. The van der Waals surface area contributed by atoms with E-state index in [0.717, 1.165) is 9.35 Å². The number of aliphatic carboxylic acids is 1. The molecule has 0 aliphatic carbocycles. The van der Waals surface area contributed by atoms with E-state index in [1.165, 1.54) is 18.3 Å². The Bertz CT molecular complexity index is 474. The van der Waals surface area contributed by atoms with E-state index in [4.69, 9.17) is 5.11 Å². The molecule has 1 amide bonds. The standard InChI is InChI=1S/C10H12BrNO4S2/c1-6(13)12-9(10(14)15)5-18(16)4-8-2-7(11)3-17-8/h2-3,9H,4-5H2,1H3,(H,12,13)(H,14,15). The van der Waals surface area contributed by atoms with Gasteiger partial charge in [0.1, 0.15) is 6.04 Å². The molecule has 1 aromatic rings. The first-order valence-corrected chi connectivity index (χ1v) is 8.12. The van der Waals surface area contributed by atoms with Crippen molar-refractivity contribution < 1.29 is 18.9 Å². The molecule has 100 valence electrons. The Morgan fingerprint density at radius 1 is 1.61 bits per heavy atom. The molecule has 18 heavy (non-hydrogen) atoms. The summed E-state index contributed by atoms with van der Waals surface area (Å²) in [7, 11) is -1.33. The number of nitrogens with one attached hydrogen (secondary N) is 1. The molecule has 1 rings (SSSR count). The summed E-state index contributed by atoms with van der Waals surface area (Å²) in [6.45, 7) is 1.23. The smallest absolute Gasteiger partial charge is 0.327 e. The first-order chi connectivity index (χ1) is 8.38. The molecule has 5 nitrogen and oxygen atoms in total. The van der Waals surface area contributed by atoms with E-state index in [-0.39, 0.29) is 5.75 Å². The predicted octanol–water partition coefficient (Wildman–Crippen LogP) is 1.35. The minimum atomic E-state index is -1.33. The summed E-state index contributed by atoms with van der Waals surface area (Å²) < 4.78 is 12.7. The Morgan fingerprint density at radius 2 is 2.28 bits per heavy atom. The second-order valence-electron chi connectivity index (χ2n) is 3.57. The lowest BCUT2D eigenvalue weighted by atomic mass is 10.3. The molecule has 2 unspecified atom stereocenters. The molecule has 0 aliphatic rings. The SMILES string of the molecule is CC(=O)NC(CS(=O)Cc1cc(Br)cs1)C(=O)O. The highest BCUT2D eigenvalue weighted by molar-refractivity contribution is 9.10. The molecule has 0 bridgehead atoms. The van der Waals surface area contributed by atoms with Crippen LogP contribution in [0.3, 0.4) is 0 Å². The van der Waals surface area contributed by atoms with Gasteiger partial charge in [-0.3, -0.25) is 9.00 Å². The third-order valence-electron chi connectivity index (χ3n) is 1.95. The van der Waals surface area contributed by atoms with Crippen LogP contribution in [0.25, 0.3) is 0 Å². The normalized spacial score (nSPS) is 13.9. The van der Waals surface area contributed by atoms with Gasteiger partial charge in [0.05, 0.1) is 11.5 Å². The minimum absolute atomic E-state index is 0.0928. The van der Waals surface area contributed by atoms with Gasteiger partial charge in [-0.1, -0.05) is 0 Å². The average Bonchev–Trinajstić information content (AvgIpc) is 2.62. The minimum Gasteiger partial charge on any atom is -0.480 e. The molecule has 2 atom stereocenters. The van der Waals surface area contributed by atoms with Crippen LogP contribution in [0.1, 0.15) is 11.8 Å². The average molecular weight is 354 g/mol. The van der Waals surface area contributed by atoms with Crippen LogP contribution in [-0.4, -0.2) is 33.0 Å². The van der Waals surface area contributed by atoms with Crippen LogP contribution in [0, 0.1) is 0 Å². The molecule has 1 heterocycles. The van der Waals surface area contributed by atoms with Gasteiger partial charge >= 0.3 is 5.97 Å². The Labute approximate surface area is 119 Å². The van der Waals surface area contributed by atoms with Crippen molar-refractivity contribution in [3.05, 3.63) is 20.8 Å². The fourth-order valence-corrected chi connectivity index (χ4v) is 4.27. The molecule has 0 aromatic carbocycles. The number of rotatable bonds is 6. The van der Waals surface area contributed by atoms with Crippen molar-refractivity contribution in [2.75, 3.05) is 5.75 Å². The number of halogens is 1. The number of carboxylic acid groups (broad SMARTS) is 1. The van der Waals surface area contributed by atoms with Crippen LogP contribution in [0.15, 0.2) is 15.9 Å². The Kier molecular flexibility index (Phi) is 5.97. The van der Waals surface area contributed by atoms with Gasteiger partial charge in [0.15, 0.2) is 0 Å². The Morgan fingerprint density at radius 3 is 2.72 bits per heavy atom. The zero-order chi connectivity index (χ0) is 13.7. The molecule has 0 saturated carbocycles. The molecule has 0 aliphatic heterocycles. The highest BCUT2D eigenvalue weighted by atomic mass is 79.9. The zero-order valence-corrected chi connectivity index (χ0v) is 12.7. The highest BCUT2D eigenvalue weighted by Gasteiger charge is 2.21. The predicted molar refractivity (Wildman–Crippen MR) is 74.0 cm³/mol. The molecule has 2 N–H and O–H groups in total. The second-order valence-corrected chi connectivity index (χ2v) is 6.99. The van der Waals surface area contributed by atoms with Crippen molar-refractivity contribution in [2.45, 2.75) is 18.7 Å². The van der Waals surface area contributed by atoms with Crippen molar-refractivity contribution in [3.8, 4) is 0 Å². The number of carbonyl (C=O) groups is 2. The van der Waals surface area contributed by atoms with Crippen molar-refractivity contribution in [3.63, 3.8) is 0 Å². The van der Waals surface area contributed by atoms with Gasteiger partial charge in [0.2, 0.25) is 5.91 Å². The first-order valence-electron chi connectivity index (χ1n) is 4.96. The van der Waals surface area contributed by atoms with Gasteiger partial charge in [-0.15, -0.1) is 11.3 Å². The Hall–Kier alpha value is -0.730. The van der Waals surface area contributed by atoms with Gasteiger partial charge in [0, 0.05) is 32.5 Å². The van der Waals surface area contributed by atoms with Crippen LogP contribution >= 0.6 is 27.3 Å². The monoisotopic (exact) mass is 353 g/mol. The van der Waals surface area contributed by atoms with Gasteiger partial charge in [0.25, 0.3) is 0 Å². The van der Waals surface area contributed by atoms with Crippen LogP contribution in [0.2, 0.25) is 0 Å². The third-order valence-corrected chi connectivity index (χ3v) is 5.17. The van der Waals surface area contributed by atoms with E-state index in [9.17, 15) is 13.8 Å².